The minimum atomic E-state index is -0.997. The van der Waals surface area contributed by atoms with E-state index in [-0.39, 0.29) is 19.1 Å². The SMILES string of the molecule is COc1ccc(OCCOC(=O)[C@@H](C(C)C)N2C(=O)c3ccccc3C2=O)cc1. The summed E-state index contributed by atoms with van der Waals surface area (Å²) in [5, 5.41) is 0. The van der Waals surface area contributed by atoms with E-state index in [4.69, 9.17) is 14.2 Å². The second kappa shape index (κ2) is 8.77. The van der Waals surface area contributed by atoms with Gasteiger partial charge in [0.1, 0.15) is 30.8 Å². The minimum Gasteiger partial charge on any atom is -0.497 e. The van der Waals surface area contributed by atoms with Crippen molar-refractivity contribution in [1.29, 1.82) is 0 Å². The lowest BCUT2D eigenvalue weighted by atomic mass is 10.0. The van der Waals surface area contributed by atoms with Gasteiger partial charge in [-0.3, -0.25) is 14.5 Å². The lowest BCUT2D eigenvalue weighted by Gasteiger charge is -2.27. The maximum Gasteiger partial charge on any atom is 0.329 e. The molecule has 2 aromatic carbocycles. The van der Waals surface area contributed by atoms with E-state index >= 15 is 0 Å². The average Bonchev–Trinajstić information content (AvgIpc) is 2.97. The molecule has 0 saturated carbocycles. The van der Waals surface area contributed by atoms with Crippen LogP contribution >= 0.6 is 0 Å². The Morgan fingerprint density at radius 2 is 1.45 bits per heavy atom. The van der Waals surface area contributed by atoms with E-state index < -0.39 is 23.8 Å². The monoisotopic (exact) mass is 397 g/mol. The zero-order chi connectivity index (χ0) is 21.0. The fraction of sp³-hybridized carbons (Fsp3) is 0.318. The van der Waals surface area contributed by atoms with Crippen LogP contribution in [0.5, 0.6) is 11.5 Å². The van der Waals surface area contributed by atoms with E-state index in [1.807, 2.05) is 0 Å². The predicted octanol–water partition coefficient (Wildman–Crippen LogP) is 2.94. The molecule has 2 aromatic rings. The van der Waals surface area contributed by atoms with E-state index in [0.717, 1.165) is 4.90 Å². The van der Waals surface area contributed by atoms with Gasteiger partial charge in [-0.2, -0.15) is 0 Å². The van der Waals surface area contributed by atoms with Crippen LogP contribution in [0.1, 0.15) is 34.6 Å². The van der Waals surface area contributed by atoms with E-state index in [0.29, 0.717) is 22.6 Å². The number of rotatable bonds is 8. The molecule has 0 aliphatic carbocycles. The highest BCUT2D eigenvalue weighted by atomic mass is 16.6. The Morgan fingerprint density at radius 3 is 1.97 bits per heavy atom. The molecule has 0 bridgehead atoms. The van der Waals surface area contributed by atoms with Gasteiger partial charge in [-0.1, -0.05) is 26.0 Å². The molecular weight excluding hydrogens is 374 g/mol. The van der Waals surface area contributed by atoms with E-state index in [2.05, 4.69) is 0 Å². The molecule has 152 valence electrons. The molecule has 1 aliphatic heterocycles. The van der Waals surface area contributed by atoms with Crippen LogP contribution in [-0.4, -0.2) is 49.0 Å². The van der Waals surface area contributed by atoms with Gasteiger partial charge < -0.3 is 14.2 Å². The third-order valence-electron chi connectivity index (χ3n) is 4.63. The third kappa shape index (κ3) is 4.23. The summed E-state index contributed by atoms with van der Waals surface area (Å²) in [5.41, 5.74) is 0.609. The van der Waals surface area contributed by atoms with Crippen LogP contribution in [0.4, 0.5) is 0 Å². The number of methoxy groups -OCH3 is 1. The van der Waals surface area contributed by atoms with Crippen molar-refractivity contribution >= 4 is 17.8 Å². The highest BCUT2D eigenvalue weighted by Gasteiger charge is 2.44. The first-order chi connectivity index (χ1) is 13.9. The average molecular weight is 397 g/mol. The van der Waals surface area contributed by atoms with Crippen LogP contribution < -0.4 is 9.47 Å². The number of amides is 2. The third-order valence-corrected chi connectivity index (χ3v) is 4.63. The molecule has 0 spiro atoms. The second-order valence-corrected chi connectivity index (χ2v) is 6.91. The zero-order valence-electron chi connectivity index (χ0n) is 16.6. The Balaban J connectivity index is 1.60. The first kappa shape index (κ1) is 20.4. The summed E-state index contributed by atoms with van der Waals surface area (Å²) in [5.74, 6) is -0.557. The lowest BCUT2D eigenvalue weighted by molar-refractivity contribution is -0.150. The van der Waals surface area contributed by atoms with E-state index in [1.165, 1.54) is 0 Å². The Labute approximate surface area is 169 Å². The van der Waals surface area contributed by atoms with Crippen molar-refractivity contribution in [2.75, 3.05) is 20.3 Å². The van der Waals surface area contributed by atoms with Crippen molar-refractivity contribution < 1.29 is 28.6 Å². The molecule has 1 heterocycles. The van der Waals surface area contributed by atoms with Crippen LogP contribution in [0.25, 0.3) is 0 Å². The molecule has 7 heteroatoms. The summed E-state index contributed by atoms with van der Waals surface area (Å²) in [6.45, 7) is 3.68. The van der Waals surface area contributed by atoms with Gasteiger partial charge in [-0.25, -0.2) is 4.79 Å². The first-order valence-corrected chi connectivity index (χ1v) is 9.34. The van der Waals surface area contributed by atoms with Gasteiger partial charge in [0.25, 0.3) is 11.8 Å². The highest BCUT2D eigenvalue weighted by molar-refractivity contribution is 6.22. The summed E-state index contributed by atoms with van der Waals surface area (Å²) in [6.07, 6.45) is 0. The van der Waals surface area contributed by atoms with Crippen molar-refractivity contribution in [3.8, 4) is 11.5 Å². The molecule has 29 heavy (non-hydrogen) atoms. The van der Waals surface area contributed by atoms with Gasteiger partial charge in [-0.05, 0) is 42.3 Å². The maximum atomic E-state index is 12.7. The normalized spacial score (nSPS) is 14.0. The molecule has 1 aliphatic rings. The summed E-state index contributed by atoms with van der Waals surface area (Å²) < 4.78 is 15.9. The fourth-order valence-electron chi connectivity index (χ4n) is 3.20. The molecule has 0 unspecified atom stereocenters. The Bertz CT molecular complexity index is 871. The molecule has 7 nitrogen and oxygen atoms in total. The number of nitrogens with zero attached hydrogens (tertiary/aromatic N) is 1. The minimum absolute atomic E-state index is 0.00273. The molecule has 2 amide bonds. The Morgan fingerprint density at radius 1 is 0.897 bits per heavy atom. The van der Waals surface area contributed by atoms with Crippen molar-refractivity contribution in [3.05, 3.63) is 59.7 Å². The maximum absolute atomic E-state index is 12.7. The standard InChI is InChI=1S/C22H23NO6/c1-14(2)19(23-20(24)17-6-4-5-7-18(17)21(23)25)22(26)29-13-12-28-16-10-8-15(27-3)9-11-16/h4-11,14,19H,12-13H2,1-3H3/t19-/m1/s1. The van der Waals surface area contributed by atoms with Gasteiger partial charge in [0, 0.05) is 0 Å². The van der Waals surface area contributed by atoms with E-state index in [9.17, 15) is 14.4 Å². The van der Waals surface area contributed by atoms with Gasteiger partial charge in [0.05, 0.1) is 18.2 Å². The largest absolute Gasteiger partial charge is 0.497 e. The topological polar surface area (TPSA) is 82.1 Å². The van der Waals surface area contributed by atoms with Crippen LogP contribution in [0.3, 0.4) is 0 Å². The van der Waals surface area contributed by atoms with Crippen molar-refractivity contribution in [2.24, 2.45) is 5.92 Å². The van der Waals surface area contributed by atoms with Gasteiger partial charge in [0.15, 0.2) is 0 Å². The van der Waals surface area contributed by atoms with Crippen LogP contribution in [0, 0.1) is 5.92 Å². The number of hydrogen-bond acceptors (Lipinski definition) is 6. The molecule has 0 aromatic heterocycles. The Kier molecular flexibility index (Phi) is 6.16. The number of ether oxygens (including phenoxy) is 3. The van der Waals surface area contributed by atoms with Gasteiger partial charge in [-0.15, -0.1) is 0 Å². The molecule has 1 atom stereocenters. The summed E-state index contributed by atoms with van der Waals surface area (Å²) in [7, 11) is 1.58. The summed E-state index contributed by atoms with van der Waals surface area (Å²) in [4.78, 5) is 39.0. The number of fused-ring (bicyclic) bond motifs is 1. The van der Waals surface area contributed by atoms with E-state index in [1.54, 1.807) is 69.5 Å². The molecule has 0 fully saturated rings. The smallest absolute Gasteiger partial charge is 0.329 e. The van der Waals surface area contributed by atoms with Crippen molar-refractivity contribution in [2.45, 2.75) is 19.9 Å². The zero-order valence-corrected chi connectivity index (χ0v) is 16.6. The van der Waals surface area contributed by atoms with Gasteiger partial charge in [0.2, 0.25) is 0 Å². The first-order valence-electron chi connectivity index (χ1n) is 9.34. The predicted molar refractivity (Wildman–Crippen MR) is 105 cm³/mol. The lowest BCUT2D eigenvalue weighted by Crippen LogP contribution is -2.48. The number of esters is 1. The molecule has 0 radical (unpaired) electrons. The van der Waals surface area contributed by atoms with Crippen molar-refractivity contribution in [3.63, 3.8) is 0 Å². The van der Waals surface area contributed by atoms with Crippen LogP contribution in [-0.2, 0) is 9.53 Å². The highest BCUT2D eigenvalue weighted by Crippen LogP contribution is 2.27. The number of carbonyl (C=O) groups is 3. The van der Waals surface area contributed by atoms with Crippen LogP contribution in [0.2, 0.25) is 0 Å². The van der Waals surface area contributed by atoms with Crippen LogP contribution in [0.15, 0.2) is 48.5 Å². The number of imide groups is 1. The fourth-order valence-corrected chi connectivity index (χ4v) is 3.20. The second-order valence-electron chi connectivity index (χ2n) is 6.91. The molecule has 0 N–H and O–H groups in total. The van der Waals surface area contributed by atoms with Gasteiger partial charge >= 0.3 is 5.97 Å². The summed E-state index contributed by atoms with van der Waals surface area (Å²) in [6, 6.07) is 12.6. The number of hydrogen-bond donors (Lipinski definition) is 0. The molecule has 3 rings (SSSR count). The Hall–Kier alpha value is -3.35. The summed E-state index contributed by atoms with van der Waals surface area (Å²) >= 11 is 0. The van der Waals surface area contributed by atoms with Crippen molar-refractivity contribution in [1.82, 2.24) is 4.90 Å². The number of benzene rings is 2. The quantitative estimate of drug-likeness (QED) is 0.387. The molecular formula is C22H23NO6. The number of carbonyl (C=O) groups excluding carboxylic acids is 3. The molecule has 0 saturated heterocycles.